The summed E-state index contributed by atoms with van der Waals surface area (Å²) in [7, 11) is 0. The molecule has 12 unspecified atom stereocenters. The average molecular weight is 1100 g/mol. The summed E-state index contributed by atoms with van der Waals surface area (Å²) < 4.78 is 22.8. The number of aliphatic hydroxyl groups excluding tert-OH is 8. The zero-order valence-corrected chi connectivity index (χ0v) is 49.2. The number of hydrogen-bond acceptors (Lipinski definition) is 13. The number of ether oxygens (including phenoxy) is 4. The van der Waals surface area contributed by atoms with Crippen LogP contribution < -0.4 is 5.32 Å². The monoisotopic (exact) mass is 1100 g/mol. The van der Waals surface area contributed by atoms with Crippen LogP contribution in [0.5, 0.6) is 0 Å². The predicted molar refractivity (Wildman–Crippen MR) is 309 cm³/mol. The number of carbonyl (C=O) groups excluding carboxylic acids is 1. The Morgan fingerprint density at radius 3 is 1.19 bits per heavy atom. The van der Waals surface area contributed by atoms with Crippen LogP contribution in [0.2, 0.25) is 0 Å². The minimum Gasteiger partial charge on any atom is -0.394 e. The van der Waals surface area contributed by atoms with Crippen molar-refractivity contribution >= 4 is 5.91 Å². The summed E-state index contributed by atoms with van der Waals surface area (Å²) in [5, 5.41) is 87.2. The molecule has 0 bridgehead atoms. The second kappa shape index (κ2) is 49.3. The van der Waals surface area contributed by atoms with E-state index in [0.717, 1.165) is 38.5 Å². The molecular weight excluding hydrogens is 979 g/mol. The van der Waals surface area contributed by atoms with Crippen molar-refractivity contribution in [2.24, 2.45) is 0 Å². The number of amides is 1. The van der Waals surface area contributed by atoms with Gasteiger partial charge in [-0.3, -0.25) is 4.79 Å². The van der Waals surface area contributed by atoms with Crippen molar-refractivity contribution in [2.45, 2.75) is 364 Å². The first kappa shape index (κ1) is 71.8. The topological polar surface area (TPSA) is 228 Å². The molecule has 0 spiro atoms. The first-order valence-electron chi connectivity index (χ1n) is 32.4. The van der Waals surface area contributed by atoms with Gasteiger partial charge in [-0.2, -0.15) is 0 Å². The van der Waals surface area contributed by atoms with Crippen molar-refractivity contribution in [1.29, 1.82) is 0 Å². The van der Waals surface area contributed by atoms with Crippen molar-refractivity contribution in [1.82, 2.24) is 5.32 Å². The summed E-state index contributed by atoms with van der Waals surface area (Å²) in [5.41, 5.74) is 0. The highest BCUT2D eigenvalue weighted by atomic mass is 16.7. The van der Waals surface area contributed by atoms with E-state index >= 15 is 0 Å². The van der Waals surface area contributed by atoms with E-state index < -0.39 is 86.8 Å². The number of aliphatic hydroxyl groups is 8. The Hall–Kier alpha value is -1.27. The van der Waals surface area contributed by atoms with Gasteiger partial charge in [0.25, 0.3) is 0 Å². The van der Waals surface area contributed by atoms with Crippen molar-refractivity contribution in [3.8, 4) is 0 Å². The molecular formula is C63H121NO13. The number of carbonyl (C=O) groups is 1. The Labute approximate surface area is 469 Å². The molecule has 0 aromatic heterocycles. The van der Waals surface area contributed by atoms with E-state index in [1.54, 1.807) is 6.08 Å². The molecule has 2 saturated heterocycles. The molecule has 1 amide bonds. The lowest BCUT2D eigenvalue weighted by Gasteiger charge is -2.46. The van der Waals surface area contributed by atoms with Crippen LogP contribution in [0.15, 0.2) is 12.2 Å². The van der Waals surface area contributed by atoms with E-state index in [1.165, 1.54) is 225 Å². The van der Waals surface area contributed by atoms with Gasteiger partial charge in [-0.1, -0.05) is 276 Å². The molecule has 14 heteroatoms. The molecule has 2 aliphatic rings. The Morgan fingerprint density at radius 1 is 0.455 bits per heavy atom. The van der Waals surface area contributed by atoms with Crippen LogP contribution in [0, 0.1) is 0 Å². The molecule has 2 rings (SSSR count). The van der Waals surface area contributed by atoms with Gasteiger partial charge in [0.15, 0.2) is 12.6 Å². The molecule has 0 saturated carbocycles. The quantitative estimate of drug-likeness (QED) is 0.0204. The molecule has 2 heterocycles. The van der Waals surface area contributed by atoms with E-state index in [-0.39, 0.29) is 18.9 Å². The lowest BCUT2D eigenvalue weighted by molar-refractivity contribution is -0.359. The summed E-state index contributed by atoms with van der Waals surface area (Å²) in [6.45, 7) is 2.84. The van der Waals surface area contributed by atoms with E-state index in [0.29, 0.717) is 6.42 Å². The van der Waals surface area contributed by atoms with Crippen LogP contribution in [0.3, 0.4) is 0 Å². The highest BCUT2D eigenvalue weighted by Gasteiger charge is 2.51. The predicted octanol–water partition coefficient (Wildman–Crippen LogP) is 11.8. The molecule has 2 fully saturated rings. The number of hydrogen-bond donors (Lipinski definition) is 9. The van der Waals surface area contributed by atoms with Gasteiger partial charge in [-0.15, -0.1) is 0 Å². The van der Waals surface area contributed by atoms with E-state index in [2.05, 4.69) is 19.2 Å². The zero-order chi connectivity index (χ0) is 56.0. The Balaban J connectivity index is 1.71. The largest absolute Gasteiger partial charge is 0.394 e. The second-order valence-corrected chi connectivity index (χ2v) is 23.3. The molecule has 12 atom stereocenters. The highest BCUT2D eigenvalue weighted by molar-refractivity contribution is 5.76. The SMILES string of the molecule is CCCCCCCCCCCCCCCCCC/C=C/C(O)C(COC1OC(CO)C(OC2OC(CO)C(O)C(O)C2O)C(O)C1O)NC(=O)CCCCCCCCCCCCCCCCCCCCCCCCCCC. The molecule has 2 aliphatic heterocycles. The molecule has 9 N–H and O–H groups in total. The number of rotatable bonds is 53. The Kier molecular flexibility index (Phi) is 46.0. The summed E-state index contributed by atoms with van der Waals surface area (Å²) in [6.07, 6.45) is 41.1. The fourth-order valence-corrected chi connectivity index (χ4v) is 11.0. The molecule has 0 radical (unpaired) electrons. The summed E-state index contributed by atoms with van der Waals surface area (Å²) in [4.78, 5) is 13.3. The van der Waals surface area contributed by atoms with E-state index in [9.17, 15) is 45.6 Å². The van der Waals surface area contributed by atoms with Gasteiger partial charge in [0.1, 0.15) is 48.8 Å². The maximum absolute atomic E-state index is 13.3. The maximum Gasteiger partial charge on any atom is 0.220 e. The Bertz CT molecular complexity index is 1340. The first-order chi connectivity index (χ1) is 37.6. The molecule has 456 valence electrons. The van der Waals surface area contributed by atoms with Crippen LogP contribution >= 0.6 is 0 Å². The van der Waals surface area contributed by atoms with Crippen LogP contribution in [-0.2, 0) is 23.7 Å². The molecule has 77 heavy (non-hydrogen) atoms. The molecule has 0 aromatic rings. The highest BCUT2D eigenvalue weighted by Crippen LogP contribution is 2.30. The van der Waals surface area contributed by atoms with Crippen molar-refractivity contribution in [3.63, 3.8) is 0 Å². The average Bonchev–Trinajstić information content (AvgIpc) is 3.44. The lowest BCUT2D eigenvalue weighted by Crippen LogP contribution is -2.65. The third-order valence-electron chi connectivity index (χ3n) is 16.2. The standard InChI is InChI=1S/C63H121NO13/c1-3-5-7-9-11-13-15-17-19-21-23-24-25-26-27-28-29-31-33-35-37-39-41-43-45-47-55(68)64-51(52(67)46-44-42-40-38-36-34-32-30-22-20-18-16-14-12-10-8-6-4-2)50-74-62-60(73)58(71)61(54(49-66)76-62)77-63-59(72)57(70)56(69)53(48-65)75-63/h44,46,51-54,56-63,65-67,69-73H,3-43,45,47-50H2,1-2H3,(H,64,68)/b46-44+. The number of allylic oxidation sites excluding steroid dienone is 1. The van der Waals surface area contributed by atoms with Gasteiger partial charge in [-0.25, -0.2) is 0 Å². The minimum absolute atomic E-state index is 0.232. The van der Waals surface area contributed by atoms with Crippen molar-refractivity contribution in [3.05, 3.63) is 12.2 Å². The Morgan fingerprint density at radius 2 is 0.805 bits per heavy atom. The maximum atomic E-state index is 13.3. The van der Waals surface area contributed by atoms with Crippen molar-refractivity contribution < 1.29 is 64.6 Å². The minimum atomic E-state index is -1.79. The third kappa shape index (κ3) is 34.7. The summed E-state index contributed by atoms with van der Waals surface area (Å²) in [5.74, 6) is -0.232. The van der Waals surface area contributed by atoms with Gasteiger partial charge in [0.05, 0.1) is 32.0 Å². The van der Waals surface area contributed by atoms with Crippen LogP contribution in [-0.4, -0.2) is 140 Å². The second-order valence-electron chi connectivity index (χ2n) is 23.3. The molecule has 0 aromatic carbocycles. The van der Waals surface area contributed by atoms with Crippen LogP contribution in [0.4, 0.5) is 0 Å². The number of nitrogens with one attached hydrogen (secondary N) is 1. The number of unbranched alkanes of at least 4 members (excludes halogenated alkanes) is 40. The van der Waals surface area contributed by atoms with Gasteiger partial charge < -0.3 is 65.1 Å². The summed E-state index contributed by atoms with van der Waals surface area (Å²) >= 11 is 0. The van der Waals surface area contributed by atoms with Gasteiger partial charge >= 0.3 is 0 Å². The third-order valence-corrected chi connectivity index (χ3v) is 16.2. The van der Waals surface area contributed by atoms with E-state index in [1.807, 2.05) is 6.08 Å². The van der Waals surface area contributed by atoms with Gasteiger partial charge in [0.2, 0.25) is 5.91 Å². The zero-order valence-electron chi connectivity index (χ0n) is 49.2. The van der Waals surface area contributed by atoms with E-state index in [4.69, 9.17) is 18.9 Å². The van der Waals surface area contributed by atoms with Gasteiger partial charge in [0, 0.05) is 6.42 Å². The fraction of sp³-hybridized carbons (Fsp3) is 0.952. The summed E-state index contributed by atoms with van der Waals surface area (Å²) in [6, 6.07) is -0.910. The van der Waals surface area contributed by atoms with Crippen LogP contribution in [0.1, 0.15) is 290 Å². The lowest BCUT2D eigenvalue weighted by atomic mass is 9.97. The normalized spacial score (nSPS) is 24.7. The molecule has 14 nitrogen and oxygen atoms in total. The fourth-order valence-electron chi connectivity index (χ4n) is 11.0. The molecule has 0 aliphatic carbocycles. The smallest absolute Gasteiger partial charge is 0.220 e. The first-order valence-corrected chi connectivity index (χ1v) is 32.4. The van der Waals surface area contributed by atoms with Gasteiger partial charge in [-0.05, 0) is 19.3 Å². The van der Waals surface area contributed by atoms with Crippen LogP contribution in [0.25, 0.3) is 0 Å². The van der Waals surface area contributed by atoms with Crippen molar-refractivity contribution in [2.75, 3.05) is 19.8 Å².